The molecule has 3 N–H and O–H groups in total. The van der Waals surface area contributed by atoms with Crippen LogP contribution in [0, 0.1) is 11.3 Å². The van der Waals surface area contributed by atoms with Gasteiger partial charge in [-0.2, -0.15) is 0 Å². The molecule has 1 heterocycles. The molecule has 0 aromatic heterocycles. The van der Waals surface area contributed by atoms with E-state index < -0.39 is 35.8 Å². The maximum absolute atomic E-state index is 13.4. The third-order valence-corrected chi connectivity index (χ3v) is 6.00. The van der Waals surface area contributed by atoms with Crippen LogP contribution in [0.15, 0.2) is 30.3 Å². The summed E-state index contributed by atoms with van der Waals surface area (Å²) in [5.41, 5.74) is 5.49. The quantitative estimate of drug-likeness (QED) is 0.657. The average Bonchev–Trinajstić information content (AvgIpc) is 3.08. The van der Waals surface area contributed by atoms with Crippen molar-refractivity contribution < 1.29 is 23.9 Å². The van der Waals surface area contributed by atoms with Gasteiger partial charge < -0.3 is 20.7 Å². The number of hydrogen-bond acceptors (Lipinski definition) is 5. The van der Waals surface area contributed by atoms with E-state index in [9.17, 15) is 19.2 Å². The van der Waals surface area contributed by atoms with Crippen molar-refractivity contribution in [2.24, 2.45) is 17.1 Å². The number of rotatable bonds is 8. The smallest absolute Gasteiger partial charge is 0.251 e. The third kappa shape index (κ3) is 5.24. The van der Waals surface area contributed by atoms with Crippen LogP contribution in [0.4, 0.5) is 0 Å². The van der Waals surface area contributed by atoms with Crippen LogP contribution >= 0.6 is 0 Å². The Labute approximate surface area is 177 Å². The molecule has 1 saturated heterocycles. The van der Waals surface area contributed by atoms with E-state index >= 15 is 0 Å². The van der Waals surface area contributed by atoms with Crippen LogP contribution in [0.1, 0.15) is 44.5 Å². The summed E-state index contributed by atoms with van der Waals surface area (Å²) in [6.45, 7) is 7.84. The van der Waals surface area contributed by atoms with Crippen molar-refractivity contribution in [1.82, 2.24) is 10.2 Å². The number of nitrogens with one attached hydrogen (secondary N) is 1. The summed E-state index contributed by atoms with van der Waals surface area (Å²) in [5, 5.41) is 2.81. The van der Waals surface area contributed by atoms with E-state index in [1.165, 1.54) is 11.9 Å². The highest BCUT2D eigenvalue weighted by Gasteiger charge is 2.45. The largest absolute Gasteiger partial charge is 0.367 e. The molecule has 3 amide bonds. The molecule has 1 aliphatic rings. The molecule has 1 aliphatic heterocycles. The molecular weight excluding hydrogens is 386 g/mol. The van der Waals surface area contributed by atoms with Crippen molar-refractivity contribution in [3.05, 3.63) is 35.9 Å². The minimum absolute atomic E-state index is 0.238. The highest BCUT2D eigenvalue weighted by molar-refractivity contribution is 6.01. The molecule has 8 heteroatoms. The number of nitrogens with zero attached hydrogens (tertiary/aromatic N) is 1. The molecule has 2 rings (SSSR count). The number of ether oxygens (including phenoxy) is 1. The Kier molecular flexibility index (Phi) is 7.36. The number of benzene rings is 1. The summed E-state index contributed by atoms with van der Waals surface area (Å²) in [6.07, 6.45) is -0.842. The topological polar surface area (TPSA) is 119 Å². The Morgan fingerprint density at radius 3 is 2.37 bits per heavy atom. The number of hydrogen-bond donors (Lipinski definition) is 2. The van der Waals surface area contributed by atoms with Crippen LogP contribution in [0.2, 0.25) is 0 Å². The normalized spacial score (nSPS) is 20.1. The summed E-state index contributed by atoms with van der Waals surface area (Å²) in [5.74, 6) is -1.82. The number of primary amides is 1. The molecule has 2 unspecified atom stereocenters. The van der Waals surface area contributed by atoms with E-state index in [2.05, 4.69) is 5.32 Å². The minimum atomic E-state index is -1.20. The molecule has 0 radical (unpaired) electrons. The Balaban J connectivity index is 2.30. The average molecular weight is 418 g/mol. The first-order valence-electron chi connectivity index (χ1n) is 10.0. The second-order valence-corrected chi connectivity index (χ2v) is 8.73. The third-order valence-electron chi connectivity index (χ3n) is 6.00. The first-order valence-corrected chi connectivity index (χ1v) is 10.0. The maximum Gasteiger partial charge on any atom is 0.251 e. The fourth-order valence-corrected chi connectivity index (χ4v) is 3.35. The van der Waals surface area contributed by atoms with Gasteiger partial charge in [0.15, 0.2) is 11.9 Å². The molecule has 3 atom stereocenters. The lowest BCUT2D eigenvalue weighted by Crippen LogP contribution is -2.57. The van der Waals surface area contributed by atoms with Gasteiger partial charge >= 0.3 is 0 Å². The van der Waals surface area contributed by atoms with Crippen molar-refractivity contribution in [3.63, 3.8) is 0 Å². The van der Waals surface area contributed by atoms with Gasteiger partial charge in [-0.05, 0) is 29.9 Å². The number of carbonyl (C=O) groups is 4. The van der Waals surface area contributed by atoms with Crippen LogP contribution in [0.25, 0.3) is 0 Å². The summed E-state index contributed by atoms with van der Waals surface area (Å²) in [7, 11) is 1.43. The van der Waals surface area contributed by atoms with Gasteiger partial charge in [0.2, 0.25) is 11.8 Å². The highest BCUT2D eigenvalue weighted by Crippen LogP contribution is 2.32. The number of Topliss-reactive ketones (excluding diaryl/α,β-unsaturated/α-hetero) is 1. The Hall–Kier alpha value is -2.74. The molecule has 0 saturated carbocycles. The van der Waals surface area contributed by atoms with Crippen molar-refractivity contribution in [1.29, 1.82) is 0 Å². The number of carbonyl (C=O) groups excluding carboxylic acids is 4. The van der Waals surface area contributed by atoms with Gasteiger partial charge in [0.05, 0.1) is 0 Å². The zero-order valence-electron chi connectivity index (χ0n) is 18.2. The lowest BCUT2D eigenvalue weighted by Gasteiger charge is -2.36. The van der Waals surface area contributed by atoms with Crippen LogP contribution in [0.5, 0.6) is 0 Å². The fraction of sp³-hybridized carbons (Fsp3) is 0.545. The number of likely N-dealkylation sites (N-methyl/N-ethyl adjacent to an activating group) is 1. The monoisotopic (exact) mass is 417 g/mol. The van der Waals surface area contributed by atoms with E-state index in [-0.39, 0.29) is 23.8 Å². The van der Waals surface area contributed by atoms with Crippen molar-refractivity contribution in [2.75, 3.05) is 13.7 Å². The minimum Gasteiger partial charge on any atom is -0.367 e. The fourth-order valence-electron chi connectivity index (χ4n) is 3.35. The van der Waals surface area contributed by atoms with Crippen LogP contribution in [-0.4, -0.2) is 60.2 Å². The predicted molar refractivity (Wildman–Crippen MR) is 111 cm³/mol. The SMILES string of the molecule is CC(C)C(C)(C)CC(NC(=O)c1ccccc1)C(=O)N(C)C1C(=O)CO[C@@H]1C(N)=O. The van der Waals surface area contributed by atoms with E-state index in [1.54, 1.807) is 30.3 Å². The van der Waals surface area contributed by atoms with Crippen LogP contribution < -0.4 is 11.1 Å². The van der Waals surface area contributed by atoms with Gasteiger partial charge in [-0.25, -0.2) is 0 Å². The van der Waals surface area contributed by atoms with Gasteiger partial charge in [-0.1, -0.05) is 45.9 Å². The molecule has 8 nitrogen and oxygen atoms in total. The van der Waals surface area contributed by atoms with Gasteiger partial charge in [-0.15, -0.1) is 0 Å². The van der Waals surface area contributed by atoms with E-state index in [1.807, 2.05) is 27.7 Å². The van der Waals surface area contributed by atoms with Crippen LogP contribution in [-0.2, 0) is 19.1 Å². The molecule has 1 aromatic rings. The molecule has 0 spiro atoms. The summed E-state index contributed by atoms with van der Waals surface area (Å²) in [4.78, 5) is 51.2. The summed E-state index contributed by atoms with van der Waals surface area (Å²) in [6, 6.07) is 6.60. The maximum atomic E-state index is 13.4. The lowest BCUT2D eigenvalue weighted by atomic mass is 9.76. The van der Waals surface area contributed by atoms with Gasteiger partial charge in [0.25, 0.3) is 5.91 Å². The second kappa shape index (κ2) is 9.38. The predicted octanol–water partition coefficient (Wildman–Crippen LogP) is 1.14. The van der Waals surface area contributed by atoms with E-state index in [4.69, 9.17) is 10.5 Å². The molecule has 1 aromatic carbocycles. The molecule has 30 heavy (non-hydrogen) atoms. The van der Waals surface area contributed by atoms with E-state index in [0.29, 0.717) is 12.0 Å². The summed E-state index contributed by atoms with van der Waals surface area (Å²) >= 11 is 0. The molecule has 164 valence electrons. The molecule has 0 aliphatic carbocycles. The zero-order valence-corrected chi connectivity index (χ0v) is 18.2. The van der Waals surface area contributed by atoms with E-state index in [0.717, 1.165) is 0 Å². The first-order chi connectivity index (χ1) is 14.0. The van der Waals surface area contributed by atoms with Gasteiger partial charge in [-0.3, -0.25) is 19.2 Å². The first kappa shape index (κ1) is 23.5. The zero-order chi connectivity index (χ0) is 22.6. The summed E-state index contributed by atoms with van der Waals surface area (Å²) < 4.78 is 5.17. The Morgan fingerprint density at radius 1 is 1.23 bits per heavy atom. The number of ketones is 1. The van der Waals surface area contributed by atoms with Gasteiger partial charge in [0, 0.05) is 12.6 Å². The molecule has 0 bridgehead atoms. The number of nitrogens with two attached hydrogens (primary N) is 1. The number of amides is 3. The Morgan fingerprint density at radius 2 is 1.83 bits per heavy atom. The molecule has 1 fully saturated rings. The van der Waals surface area contributed by atoms with Crippen molar-refractivity contribution in [2.45, 2.75) is 52.3 Å². The second-order valence-electron chi connectivity index (χ2n) is 8.73. The molecular formula is C22H31N3O5. The standard InChI is InChI=1S/C22H31N3O5/c1-13(2)22(3,4)11-15(24-20(28)14-9-7-6-8-10-14)21(29)25(5)17-16(26)12-30-18(17)19(23)27/h6-10,13,15,17-18H,11-12H2,1-5H3,(H2,23,27)(H,24,28)/t15?,17?,18-/m0/s1. The van der Waals surface area contributed by atoms with Crippen LogP contribution in [0.3, 0.4) is 0 Å². The van der Waals surface area contributed by atoms with Crippen molar-refractivity contribution >= 4 is 23.5 Å². The lowest BCUT2D eigenvalue weighted by molar-refractivity contribution is -0.141. The van der Waals surface area contributed by atoms with Crippen molar-refractivity contribution in [3.8, 4) is 0 Å². The Bertz CT molecular complexity index is 806. The van der Waals surface area contributed by atoms with Gasteiger partial charge in [0.1, 0.15) is 18.7 Å². The highest BCUT2D eigenvalue weighted by atomic mass is 16.5.